The van der Waals surface area contributed by atoms with Crippen molar-refractivity contribution in [3.63, 3.8) is 0 Å². The first-order valence-corrected chi connectivity index (χ1v) is 5.86. The number of pyridine rings is 1. The minimum Gasteiger partial charge on any atom is -0.457 e. The lowest BCUT2D eigenvalue weighted by Crippen LogP contribution is -1.84. The van der Waals surface area contributed by atoms with Gasteiger partial charge in [0, 0.05) is 21.3 Å². The van der Waals surface area contributed by atoms with E-state index in [0.29, 0.717) is 0 Å². The SMILES string of the molecule is Brc1cc(Br)cc(Oc2ccncc2)c1. The van der Waals surface area contributed by atoms with Crippen molar-refractivity contribution in [2.75, 3.05) is 0 Å². The quantitative estimate of drug-likeness (QED) is 0.815. The van der Waals surface area contributed by atoms with E-state index in [0.717, 1.165) is 20.4 Å². The summed E-state index contributed by atoms with van der Waals surface area (Å²) >= 11 is 6.81. The number of hydrogen-bond acceptors (Lipinski definition) is 2. The van der Waals surface area contributed by atoms with Gasteiger partial charge in [0.15, 0.2) is 0 Å². The summed E-state index contributed by atoms with van der Waals surface area (Å²) in [6, 6.07) is 9.40. The van der Waals surface area contributed by atoms with Crippen molar-refractivity contribution in [3.8, 4) is 11.5 Å². The number of rotatable bonds is 2. The van der Waals surface area contributed by atoms with Crippen LogP contribution in [0, 0.1) is 0 Å². The number of hydrogen-bond donors (Lipinski definition) is 0. The molecule has 1 heterocycles. The Bertz CT molecular complexity index is 439. The average molecular weight is 329 g/mol. The van der Waals surface area contributed by atoms with Crippen LogP contribution in [0.5, 0.6) is 11.5 Å². The molecule has 0 atom stereocenters. The molecule has 2 nitrogen and oxygen atoms in total. The largest absolute Gasteiger partial charge is 0.457 e. The highest BCUT2D eigenvalue weighted by Crippen LogP contribution is 2.28. The summed E-state index contributed by atoms with van der Waals surface area (Å²) in [7, 11) is 0. The van der Waals surface area contributed by atoms with E-state index in [-0.39, 0.29) is 0 Å². The van der Waals surface area contributed by atoms with E-state index in [9.17, 15) is 0 Å². The molecular formula is C11H7Br2NO. The highest BCUT2D eigenvalue weighted by Gasteiger charge is 1.99. The van der Waals surface area contributed by atoms with Gasteiger partial charge in [-0.2, -0.15) is 0 Å². The number of ether oxygens (including phenoxy) is 1. The number of nitrogens with zero attached hydrogens (tertiary/aromatic N) is 1. The summed E-state index contributed by atoms with van der Waals surface area (Å²) in [6.45, 7) is 0. The van der Waals surface area contributed by atoms with Crippen molar-refractivity contribution < 1.29 is 4.74 Å². The van der Waals surface area contributed by atoms with Gasteiger partial charge in [-0.3, -0.25) is 4.98 Å². The third-order valence-electron chi connectivity index (χ3n) is 1.72. The maximum atomic E-state index is 5.64. The van der Waals surface area contributed by atoms with Crippen molar-refractivity contribution in [1.29, 1.82) is 0 Å². The summed E-state index contributed by atoms with van der Waals surface area (Å²) in [5, 5.41) is 0. The fourth-order valence-corrected chi connectivity index (χ4v) is 2.38. The van der Waals surface area contributed by atoms with Gasteiger partial charge in [0.2, 0.25) is 0 Å². The van der Waals surface area contributed by atoms with Gasteiger partial charge in [-0.1, -0.05) is 31.9 Å². The van der Waals surface area contributed by atoms with Gasteiger partial charge in [0.25, 0.3) is 0 Å². The third kappa shape index (κ3) is 3.04. The lowest BCUT2D eigenvalue weighted by molar-refractivity contribution is 0.481. The molecule has 0 unspecified atom stereocenters. The van der Waals surface area contributed by atoms with Crippen LogP contribution < -0.4 is 4.74 Å². The zero-order valence-corrected chi connectivity index (χ0v) is 10.8. The van der Waals surface area contributed by atoms with Crippen LogP contribution in [0.15, 0.2) is 51.7 Å². The predicted molar refractivity (Wildman–Crippen MR) is 66.2 cm³/mol. The van der Waals surface area contributed by atoms with E-state index in [4.69, 9.17) is 4.74 Å². The van der Waals surface area contributed by atoms with Crippen LogP contribution in [0.4, 0.5) is 0 Å². The Kier molecular flexibility index (Phi) is 3.38. The Hall–Kier alpha value is -0.870. The van der Waals surface area contributed by atoms with Gasteiger partial charge >= 0.3 is 0 Å². The van der Waals surface area contributed by atoms with E-state index in [2.05, 4.69) is 36.8 Å². The molecule has 0 saturated carbocycles. The van der Waals surface area contributed by atoms with Crippen molar-refractivity contribution in [2.45, 2.75) is 0 Å². The second kappa shape index (κ2) is 4.77. The Labute approximate surface area is 105 Å². The summed E-state index contributed by atoms with van der Waals surface area (Å²) in [5.41, 5.74) is 0. The fourth-order valence-electron chi connectivity index (χ4n) is 1.13. The van der Waals surface area contributed by atoms with Gasteiger partial charge in [0.1, 0.15) is 11.5 Å². The lowest BCUT2D eigenvalue weighted by Gasteiger charge is -2.05. The van der Waals surface area contributed by atoms with Crippen LogP contribution in [-0.4, -0.2) is 4.98 Å². The minimum atomic E-state index is 0.773. The molecule has 0 fully saturated rings. The Morgan fingerprint density at radius 2 is 1.47 bits per heavy atom. The average Bonchev–Trinajstić information content (AvgIpc) is 2.17. The standard InChI is InChI=1S/C11H7Br2NO/c12-8-5-9(13)7-11(6-8)15-10-1-3-14-4-2-10/h1-7H. The first kappa shape index (κ1) is 10.6. The normalized spacial score (nSPS) is 10.0. The summed E-state index contributed by atoms with van der Waals surface area (Å²) in [4.78, 5) is 3.92. The second-order valence-corrected chi connectivity index (χ2v) is 4.72. The molecule has 0 spiro atoms. The number of benzene rings is 1. The lowest BCUT2D eigenvalue weighted by atomic mass is 10.3. The molecule has 1 aromatic carbocycles. The van der Waals surface area contributed by atoms with Gasteiger partial charge in [-0.15, -0.1) is 0 Å². The Balaban J connectivity index is 2.25. The van der Waals surface area contributed by atoms with Crippen LogP contribution in [0.25, 0.3) is 0 Å². The van der Waals surface area contributed by atoms with Crippen molar-refractivity contribution >= 4 is 31.9 Å². The molecule has 2 rings (SSSR count). The molecule has 0 bridgehead atoms. The molecule has 2 aromatic rings. The molecule has 0 aliphatic carbocycles. The van der Waals surface area contributed by atoms with Crippen LogP contribution in [0.1, 0.15) is 0 Å². The zero-order chi connectivity index (χ0) is 10.7. The maximum Gasteiger partial charge on any atom is 0.130 e. The second-order valence-electron chi connectivity index (χ2n) is 2.89. The Morgan fingerprint density at radius 3 is 2.07 bits per heavy atom. The van der Waals surface area contributed by atoms with Crippen LogP contribution in [-0.2, 0) is 0 Å². The maximum absolute atomic E-state index is 5.64. The van der Waals surface area contributed by atoms with Gasteiger partial charge in [0.05, 0.1) is 0 Å². The highest BCUT2D eigenvalue weighted by molar-refractivity contribution is 9.11. The fraction of sp³-hybridized carbons (Fsp3) is 0. The zero-order valence-electron chi connectivity index (χ0n) is 7.65. The van der Waals surface area contributed by atoms with Crippen LogP contribution >= 0.6 is 31.9 Å². The molecule has 0 amide bonds. The number of halogens is 2. The molecule has 1 aromatic heterocycles. The van der Waals surface area contributed by atoms with Gasteiger partial charge in [-0.25, -0.2) is 0 Å². The van der Waals surface area contributed by atoms with E-state index in [1.165, 1.54) is 0 Å². The summed E-state index contributed by atoms with van der Waals surface area (Å²) in [5.74, 6) is 1.55. The van der Waals surface area contributed by atoms with E-state index in [1.54, 1.807) is 12.4 Å². The molecule has 4 heteroatoms. The molecular weight excluding hydrogens is 322 g/mol. The third-order valence-corrected chi connectivity index (χ3v) is 2.64. The molecule has 0 radical (unpaired) electrons. The van der Waals surface area contributed by atoms with Crippen molar-refractivity contribution in [1.82, 2.24) is 4.98 Å². The monoisotopic (exact) mass is 327 g/mol. The van der Waals surface area contributed by atoms with Crippen LogP contribution in [0.3, 0.4) is 0 Å². The smallest absolute Gasteiger partial charge is 0.130 e. The van der Waals surface area contributed by atoms with Gasteiger partial charge in [-0.05, 0) is 30.3 Å². The molecule has 15 heavy (non-hydrogen) atoms. The summed E-state index contributed by atoms with van der Waals surface area (Å²) < 4.78 is 7.59. The topological polar surface area (TPSA) is 22.1 Å². The first-order valence-electron chi connectivity index (χ1n) is 4.28. The van der Waals surface area contributed by atoms with Gasteiger partial charge < -0.3 is 4.74 Å². The highest BCUT2D eigenvalue weighted by atomic mass is 79.9. The Morgan fingerprint density at radius 1 is 0.867 bits per heavy atom. The van der Waals surface area contributed by atoms with E-state index >= 15 is 0 Å². The summed E-state index contributed by atoms with van der Waals surface area (Å²) in [6.07, 6.45) is 3.39. The van der Waals surface area contributed by atoms with Crippen LogP contribution in [0.2, 0.25) is 0 Å². The van der Waals surface area contributed by atoms with E-state index in [1.807, 2.05) is 30.3 Å². The number of aromatic nitrogens is 1. The molecule has 0 aliphatic rings. The van der Waals surface area contributed by atoms with Crippen molar-refractivity contribution in [2.24, 2.45) is 0 Å². The first-order chi connectivity index (χ1) is 7.24. The van der Waals surface area contributed by atoms with E-state index < -0.39 is 0 Å². The molecule has 0 aliphatic heterocycles. The molecule has 76 valence electrons. The molecule has 0 N–H and O–H groups in total. The predicted octanol–water partition coefficient (Wildman–Crippen LogP) is 4.40. The minimum absolute atomic E-state index is 0.773. The van der Waals surface area contributed by atoms with Crippen molar-refractivity contribution in [3.05, 3.63) is 51.7 Å². The molecule has 0 saturated heterocycles.